The van der Waals surface area contributed by atoms with Gasteiger partial charge in [0.25, 0.3) is 0 Å². The van der Waals surface area contributed by atoms with Gasteiger partial charge in [-0.25, -0.2) is 0 Å². The summed E-state index contributed by atoms with van der Waals surface area (Å²) in [6.45, 7) is 4.16. The third-order valence-electron chi connectivity index (χ3n) is 8.70. The van der Waals surface area contributed by atoms with Gasteiger partial charge in [0.2, 0.25) is 5.91 Å². The molecule has 0 fully saturated rings. The first-order chi connectivity index (χ1) is 22.0. The number of hydrogen-bond donors (Lipinski definition) is 4. The van der Waals surface area contributed by atoms with Crippen LogP contribution in [0.5, 0.6) is 0 Å². The molecule has 1 amide bonds. The zero-order valence-electron chi connectivity index (χ0n) is 29.7. The molecule has 4 N–H and O–H groups in total. The third-order valence-corrected chi connectivity index (χ3v) is 8.70. The van der Waals surface area contributed by atoms with Gasteiger partial charge >= 0.3 is 0 Å². The zero-order chi connectivity index (χ0) is 33.1. The zero-order valence-corrected chi connectivity index (χ0v) is 29.7. The molecule has 0 saturated carbocycles. The Morgan fingerprint density at radius 2 is 0.978 bits per heavy atom. The molecule has 0 saturated heterocycles. The van der Waals surface area contributed by atoms with Crippen LogP contribution in [0.3, 0.4) is 0 Å². The summed E-state index contributed by atoms with van der Waals surface area (Å²) in [5, 5.41) is 33.1. The van der Waals surface area contributed by atoms with E-state index in [9.17, 15) is 20.1 Å². The Hall–Kier alpha value is -1.43. The lowest BCUT2D eigenvalue weighted by Crippen LogP contribution is -2.45. The first-order valence-electron chi connectivity index (χ1n) is 19.3. The van der Waals surface area contributed by atoms with Crippen LogP contribution in [0.15, 0.2) is 36.5 Å². The lowest BCUT2D eigenvalue weighted by Gasteiger charge is -2.21. The Balaban J connectivity index is 3.76. The van der Waals surface area contributed by atoms with Crippen molar-refractivity contribution in [3.8, 4) is 0 Å². The Labute approximate surface area is 279 Å². The lowest BCUT2D eigenvalue weighted by atomic mass is 10.0. The van der Waals surface area contributed by atoms with Crippen LogP contribution in [0.25, 0.3) is 0 Å². The van der Waals surface area contributed by atoms with Gasteiger partial charge in [0, 0.05) is 0 Å². The quantitative estimate of drug-likeness (QED) is 0.0322. The standard InChI is InChI=1S/C40H75NO4/c1-3-5-7-9-11-13-15-17-18-19-20-22-24-26-28-30-32-34-39(44)38(36-42)41-40(45)35-37(43)33-31-29-27-25-23-21-16-14-12-10-8-6-4-2/h12,14,16,21,32,34,37-39,42-44H,3-11,13,15,17-20,22-31,33,35-36H2,1-2H3,(H,41,45)/b14-12-,21-16-,34-32+. The minimum absolute atomic E-state index is 0.000607. The average molecular weight is 634 g/mol. The third kappa shape index (κ3) is 32.3. The maximum absolute atomic E-state index is 12.4. The van der Waals surface area contributed by atoms with Gasteiger partial charge in [-0.1, -0.05) is 172 Å². The molecule has 0 aliphatic rings. The molecule has 0 aromatic heterocycles. The van der Waals surface area contributed by atoms with Crippen molar-refractivity contribution in [2.24, 2.45) is 0 Å². The van der Waals surface area contributed by atoms with Crippen molar-refractivity contribution in [2.45, 2.75) is 205 Å². The number of aliphatic hydroxyl groups is 3. The maximum atomic E-state index is 12.4. The Bertz CT molecular complexity index is 704. The SMILES string of the molecule is CCCCC/C=C\C=C/CCCCCCC(O)CC(=O)NC(CO)C(O)/C=C/CCCCCCCCCCCCCCCCC. The van der Waals surface area contributed by atoms with Gasteiger partial charge in [-0.2, -0.15) is 0 Å². The summed E-state index contributed by atoms with van der Waals surface area (Å²) in [6.07, 6.45) is 42.7. The van der Waals surface area contributed by atoms with Gasteiger partial charge in [0.15, 0.2) is 0 Å². The molecule has 3 unspecified atom stereocenters. The molecule has 0 aliphatic heterocycles. The summed E-state index contributed by atoms with van der Waals surface area (Å²) in [5.41, 5.74) is 0. The molecule has 0 rings (SSSR count). The van der Waals surface area contributed by atoms with Crippen molar-refractivity contribution in [1.29, 1.82) is 0 Å². The normalized spacial score (nSPS) is 14.2. The van der Waals surface area contributed by atoms with Crippen molar-refractivity contribution in [3.63, 3.8) is 0 Å². The van der Waals surface area contributed by atoms with Crippen LogP contribution in [0.4, 0.5) is 0 Å². The number of hydrogen-bond acceptors (Lipinski definition) is 4. The van der Waals surface area contributed by atoms with Gasteiger partial charge in [0.1, 0.15) is 0 Å². The molecule has 3 atom stereocenters. The van der Waals surface area contributed by atoms with Crippen LogP contribution in [-0.2, 0) is 4.79 Å². The minimum atomic E-state index is -0.932. The number of carbonyl (C=O) groups excluding carboxylic acids is 1. The predicted octanol–water partition coefficient (Wildman–Crippen LogP) is 10.4. The van der Waals surface area contributed by atoms with Crippen LogP contribution >= 0.6 is 0 Å². The van der Waals surface area contributed by atoms with Crippen molar-refractivity contribution in [2.75, 3.05) is 6.61 Å². The number of amides is 1. The van der Waals surface area contributed by atoms with Gasteiger partial charge in [0.05, 0.1) is 31.3 Å². The van der Waals surface area contributed by atoms with E-state index in [0.717, 1.165) is 51.4 Å². The van der Waals surface area contributed by atoms with Gasteiger partial charge in [-0.05, 0) is 44.9 Å². The summed E-state index contributed by atoms with van der Waals surface area (Å²) < 4.78 is 0. The second-order valence-corrected chi connectivity index (χ2v) is 13.2. The summed E-state index contributed by atoms with van der Waals surface area (Å²) in [7, 11) is 0. The Morgan fingerprint density at radius 3 is 1.47 bits per heavy atom. The molecule has 0 aliphatic carbocycles. The van der Waals surface area contributed by atoms with Gasteiger partial charge < -0.3 is 20.6 Å². The highest BCUT2D eigenvalue weighted by molar-refractivity contribution is 5.76. The van der Waals surface area contributed by atoms with Crippen LogP contribution in [-0.4, -0.2) is 46.1 Å². The van der Waals surface area contributed by atoms with Crippen LogP contribution < -0.4 is 5.32 Å². The summed E-state index contributed by atoms with van der Waals surface area (Å²) in [4.78, 5) is 12.4. The molecule has 45 heavy (non-hydrogen) atoms. The van der Waals surface area contributed by atoms with Crippen LogP contribution in [0, 0.1) is 0 Å². The number of nitrogens with one attached hydrogen (secondary N) is 1. The molecule has 264 valence electrons. The highest BCUT2D eigenvalue weighted by Crippen LogP contribution is 2.14. The smallest absolute Gasteiger partial charge is 0.222 e. The van der Waals surface area contributed by atoms with Crippen molar-refractivity contribution < 1.29 is 20.1 Å². The Kier molecular flexibility index (Phi) is 34.3. The van der Waals surface area contributed by atoms with Crippen LogP contribution in [0.1, 0.15) is 187 Å². The summed E-state index contributed by atoms with van der Waals surface area (Å²) in [6, 6.07) is -0.749. The first-order valence-corrected chi connectivity index (χ1v) is 19.3. The topological polar surface area (TPSA) is 89.8 Å². The molecule has 0 aromatic rings. The molecule has 0 bridgehead atoms. The van der Waals surface area contributed by atoms with E-state index >= 15 is 0 Å². The second kappa shape index (κ2) is 35.4. The molecular weight excluding hydrogens is 558 g/mol. The molecule has 0 aromatic carbocycles. The molecule has 5 nitrogen and oxygen atoms in total. The molecule has 0 radical (unpaired) electrons. The maximum Gasteiger partial charge on any atom is 0.222 e. The number of carbonyl (C=O) groups is 1. The van der Waals surface area contributed by atoms with Gasteiger partial charge in [-0.3, -0.25) is 4.79 Å². The fraction of sp³-hybridized carbons (Fsp3) is 0.825. The first kappa shape index (κ1) is 43.6. The molecule has 5 heteroatoms. The summed E-state index contributed by atoms with van der Waals surface area (Å²) >= 11 is 0. The van der Waals surface area contributed by atoms with Gasteiger partial charge in [-0.15, -0.1) is 0 Å². The van der Waals surface area contributed by atoms with E-state index in [1.54, 1.807) is 6.08 Å². The second-order valence-electron chi connectivity index (χ2n) is 13.2. The molecule has 0 heterocycles. The van der Waals surface area contributed by atoms with Crippen molar-refractivity contribution in [3.05, 3.63) is 36.5 Å². The highest BCUT2D eigenvalue weighted by atomic mass is 16.3. The lowest BCUT2D eigenvalue weighted by molar-refractivity contribution is -0.124. The fourth-order valence-corrected chi connectivity index (χ4v) is 5.68. The largest absolute Gasteiger partial charge is 0.394 e. The monoisotopic (exact) mass is 634 g/mol. The van der Waals surface area contributed by atoms with E-state index in [4.69, 9.17) is 0 Å². The number of aliphatic hydroxyl groups excluding tert-OH is 3. The fourth-order valence-electron chi connectivity index (χ4n) is 5.68. The average Bonchev–Trinajstić information content (AvgIpc) is 3.03. The molecule has 0 spiro atoms. The molecular formula is C40H75NO4. The van der Waals surface area contributed by atoms with E-state index in [2.05, 4.69) is 43.5 Å². The predicted molar refractivity (Wildman–Crippen MR) is 194 cm³/mol. The van der Waals surface area contributed by atoms with E-state index < -0.39 is 18.2 Å². The van der Waals surface area contributed by atoms with E-state index in [1.807, 2.05) is 6.08 Å². The number of unbranched alkanes of at least 4 members (excludes halogenated alkanes) is 22. The highest BCUT2D eigenvalue weighted by Gasteiger charge is 2.20. The Morgan fingerprint density at radius 1 is 0.578 bits per heavy atom. The summed E-state index contributed by atoms with van der Waals surface area (Å²) in [5.74, 6) is -0.329. The van der Waals surface area contributed by atoms with E-state index in [1.165, 1.54) is 109 Å². The van der Waals surface area contributed by atoms with Crippen LogP contribution in [0.2, 0.25) is 0 Å². The van der Waals surface area contributed by atoms with E-state index in [-0.39, 0.29) is 18.9 Å². The van der Waals surface area contributed by atoms with Crippen molar-refractivity contribution >= 4 is 5.91 Å². The van der Waals surface area contributed by atoms with Crippen molar-refractivity contribution in [1.82, 2.24) is 5.32 Å². The number of rotatable bonds is 34. The van der Waals surface area contributed by atoms with E-state index in [0.29, 0.717) is 6.42 Å². The minimum Gasteiger partial charge on any atom is -0.394 e. The number of allylic oxidation sites excluding steroid dienone is 5.